The Bertz CT molecular complexity index is 399. The van der Waals surface area contributed by atoms with Gasteiger partial charge in [0, 0.05) is 19.1 Å². The number of hydrogen-bond acceptors (Lipinski definition) is 2. The molecule has 1 aliphatic heterocycles. The van der Waals surface area contributed by atoms with Crippen molar-refractivity contribution < 1.29 is 4.39 Å². The van der Waals surface area contributed by atoms with Gasteiger partial charge in [0.05, 0.1) is 5.02 Å². The van der Waals surface area contributed by atoms with E-state index >= 15 is 0 Å². The molecule has 0 radical (unpaired) electrons. The molecule has 1 aliphatic rings. The largest absolute Gasteiger partial charge is 0.328 e. The van der Waals surface area contributed by atoms with Crippen molar-refractivity contribution in [3.8, 4) is 0 Å². The van der Waals surface area contributed by atoms with Gasteiger partial charge in [0.15, 0.2) is 0 Å². The molecule has 2 N–H and O–H groups in total. The predicted octanol–water partition coefficient (Wildman–Crippen LogP) is 3.07. The number of likely N-dealkylation sites (tertiary alicyclic amines) is 1. The van der Waals surface area contributed by atoms with Gasteiger partial charge in [-0.25, -0.2) is 4.39 Å². The minimum absolute atomic E-state index is 0. The van der Waals surface area contributed by atoms with Crippen LogP contribution in [-0.4, -0.2) is 24.0 Å². The summed E-state index contributed by atoms with van der Waals surface area (Å²) in [5.41, 5.74) is 6.96. The average Bonchev–Trinajstić information content (AvgIpc) is 2.72. The maximum Gasteiger partial charge on any atom is 0.141 e. The summed E-state index contributed by atoms with van der Waals surface area (Å²) in [6, 6.07) is 5.17. The summed E-state index contributed by atoms with van der Waals surface area (Å²) in [5, 5.41) is 0.199. The molecule has 1 aromatic carbocycles. The zero-order chi connectivity index (χ0) is 12.4. The summed E-state index contributed by atoms with van der Waals surface area (Å²) in [6.45, 7) is 4.96. The van der Waals surface area contributed by atoms with E-state index in [9.17, 15) is 4.39 Å². The second kappa shape index (κ2) is 6.71. The third-order valence-corrected chi connectivity index (χ3v) is 3.73. The first-order chi connectivity index (χ1) is 8.06. The first kappa shape index (κ1) is 15.7. The molecule has 2 rings (SSSR count). The van der Waals surface area contributed by atoms with Gasteiger partial charge in [0.2, 0.25) is 0 Å². The van der Waals surface area contributed by atoms with E-state index in [0.717, 1.165) is 31.6 Å². The Morgan fingerprint density at radius 1 is 1.56 bits per heavy atom. The highest BCUT2D eigenvalue weighted by atomic mass is 35.5. The van der Waals surface area contributed by atoms with Crippen LogP contribution in [0.3, 0.4) is 0 Å². The van der Waals surface area contributed by atoms with Gasteiger partial charge in [-0.05, 0) is 43.5 Å². The number of hydrogen-bond donors (Lipinski definition) is 1. The first-order valence-corrected chi connectivity index (χ1v) is 6.36. The fraction of sp³-hybridized carbons (Fsp3) is 0.538. The lowest BCUT2D eigenvalue weighted by Crippen LogP contribution is -2.29. The molecule has 5 heteroatoms. The van der Waals surface area contributed by atoms with E-state index in [1.54, 1.807) is 12.1 Å². The fourth-order valence-corrected chi connectivity index (χ4v) is 2.53. The summed E-state index contributed by atoms with van der Waals surface area (Å²) in [6.07, 6.45) is 1.15. The highest BCUT2D eigenvalue weighted by Gasteiger charge is 2.24. The summed E-state index contributed by atoms with van der Waals surface area (Å²) in [4.78, 5) is 2.34. The Morgan fingerprint density at radius 2 is 2.28 bits per heavy atom. The third kappa shape index (κ3) is 3.82. The van der Waals surface area contributed by atoms with Crippen molar-refractivity contribution in [1.82, 2.24) is 4.90 Å². The molecule has 1 fully saturated rings. The van der Waals surface area contributed by atoms with Crippen molar-refractivity contribution in [3.63, 3.8) is 0 Å². The topological polar surface area (TPSA) is 29.3 Å². The van der Waals surface area contributed by atoms with Crippen molar-refractivity contribution in [1.29, 1.82) is 0 Å². The van der Waals surface area contributed by atoms with Crippen molar-refractivity contribution in [2.75, 3.05) is 13.1 Å². The van der Waals surface area contributed by atoms with E-state index in [4.69, 9.17) is 17.3 Å². The Morgan fingerprint density at radius 3 is 2.83 bits per heavy atom. The molecular formula is C13H19Cl2FN2. The number of nitrogens with zero attached hydrogens (tertiary/aromatic N) is 1. The lowest BCUT2D eigenvalue weighted by atomic mass is 10.0. The molecule has 0 amide bonds. The van der Waals surface area contributed by atoms with E-state index < -0.39 is 0 Å². The van der Waals surface area contributed by atoms with Crippen molar-refractivity contribution >= 4 is 24.0 Å². The van der Waals surface area contributed by atoms with Crippen LogP contribution in [0.2, 0.25) is 5.02 Å². The second-order valence-corrected chi connectivity index (χ2v) is 5.30. The van der Waals surface area contributed by atoms with Crippen molar-refractivity contribution in [2.24, 2.45) is 11.7 Å². The van der Waals surface area contributed by atoms with Gasteiger partial charge in [-0.1, -0.05) is 17.7 Å². The maximum atomic E-state index is 13.0. The minimum Gasteiger partial charge on any atom is -0.328 e. The van der Waals surface area contributed by atoms with Gasteiger partial charge < -0.3 is 5.73 Å². The van der Waals surface area contributed by atoms with Gasteiger partial charge >= 0.3 is 0 Å². The van der Waals surface area contributed by atoms with Crippen LogP contribution in [-0.2, 0) is 6.54 Å². The second-order valence-electron chi connectivity index (χ2n) is 4.89. The molecular weight excluding hydrogens is 274 g/mol. The van der Waals surface area contributed by atoms with Gasteiger partial charge in [0.1, 0.15) is 5.82 Å². The van der Waals surface area contributed by atoms with Gasteiger partial charge in [-0.15, -0.1) is 12.4 Å². The molecule has 0 aliphatic carbocycles. The summed E-state index contributed by atoms with van der Waals surface area (Å²) in [5.74, 6) is 0.219. The first-order valence-electron chi connectivity index (χ1n) is 5.98. The van der Waals surface area contributed by atoms with E-state index in [1.165, 1.54) is 6.07 Å². The zero-order valence-electron chi connectivity index (χ0n) is 10.4. The Kier molecular flexibility index (Phi) is 5.86. The fourth-order valence-electron chi connectivity index (χ4n) is 2.33. The smallest absolute Gasteiger partial charge is 0.141 e. The monoisotopic (exact) mass is 292 g/mol. The normalized spacial score (nSPS) is 21.7. The summed E-state index contributed by atoms with van der Waals surface area (Å²) < 4.78 is 13.0. The van der Waals surface area contributed by atoms with Crippen LogP contribution in [0.1, 0.15) is 18.9 Å². The van der Waals surface area contributed by atoms with Crippen LogP contribution in [0, 0.1) is 11.7 Å². The highest BCUT2D eigenvalue weighted by Crippen LogP contribution is 2.22. The van der Waals surface area contributed by atoms with Crippen molar-refractivity contribution in [3.05, 3.63) is 34.6 Å². The standard InChI is InChI=1S/C13H18ClFN2.ClH/c1-9(16)11-4-5-17(8-11)7-10-2-3-13(15)12(14)6-10;/h2-3,6,9,11H,4-5,7-8,16H2,1H3;1H. The Hall–Kier alpha value is -0.350. The molecule has 1 aromatic rings. The molecule has 1 saturated heterocycles. The van der Waals surface area contributed by atoms with Gasteiger partial charge in [-0.2, -0.15) is 0 Å². The lowest BCUT2D eigenvalue weighted by Gasteiger charge is -2.18. The molecule has 2 atom stereocenters. The molecule has 18 heavy (non-hydrogen) atoms. The highest BCUT2D eigenvalue weighted by molar-refractivity contribution is 6.30. The lowest BCUT2D eigenvalue weighted by molar-refractivity contribution is 0.308. The van der Waals surface area contributed by atoms with E-state index in [0.29, 0.717) is 5.92 Å². The van der Waals surface area contributed by atoms with Crippen LogP contribution in [0.15, 0.2) is 18.2 Å². The summed E-state index contributed by atoms with van der Waals surface area (Å²) in [7, 11) is 0. The van der Waals surface area contributed by atoms with Crippen LogP contribution in [0.5, 0.6) is 0 Å². The average molecular weight is 293 g/mol. The van der Waals surface area contributed by atoms with Crippen molar-refractivity contribution in [2.45, 2.75) is 25.9 Å². The maximum absolute atomic E-state index is 13.0. The van der Waals surface area contributed by atoms with Crippen LogP contribution in [0.25, 0.3) is 0 Å². The zero-order valence-corrected chi connectivity index (χ0v) is 12.0. The third-order valence-electron chi connectivity index (χ3n) is 3.44. The van der Waals surface area contributed by atoms with Gasteiger partial charge in [-0.3, -0.25) is 4.90 Å². The molecule has 102 valence electrons. The number of halogens is 3. The molecule has 0 saturated carbocycles. The minimum atomic E-state index is -0.356. The molecule has 2 nitrogen and oxygen atoms in total. The SMILES string of the molecule is CC(N)C1CCN(Cc2ccc(F)c(Cl)c2)C1.Cl. The van der Waals surface area contributed by atoms with Gasteiger partial charge in [0.25, 0.3) is 0 Å². The molecule has 0 spiro atoms. The Balaban J connectivity index is 0.00000162. The molecule has 0 aromatic heterocycles. The van der Waals surface area contributed by atoms with E-state index in [2.05, 4.69) is 11.8 Å². The van der Waals surface area contributed by atoms with Crippen LogP contribution in [0.4, 0.5) is 4.39 Å². The van der Waals surface area contributed by atoms with E-state index in [1.807, 2.05) is 0 Å². The number of rotatable bonds is 3. The molecule has 1 heterocycles. The molecule has 0 bridgehead atoms. The predicted molar refractivity (Wildman–Crippen MR) is 75.7 cm³/mol. The number of nitrogens with two attached hydrogens (primary N) is 1. The van der Waals surface area contributed by atoms with E-state index in [-0.39, 0.29) is 29.3 Å². The summed E-state index contributed by atoms with van der Waals surface area (Å²) >= 11 is 5.76. The molecule has 2 unspecified atom stereocenters. The van der Waals surface area contributed by atoms with Crippen LogP contribution < -0.4 is 5.73 Å². The number of benzene rings is 1. The quantitative estimate of drug-likeness (QED) is 0.928. The Labute approximate surface area is 119 Å². The van der Waals surface area contributed by atoms with Crippen LogP contribution >= 0.6 is 24.0 Å².